The third-order valence-corrected chi connectivity index (χ3v) is 0. The van der Waals surface area contributed by atoms with Crippen LogP contribution in [0.5, 0.6) is 0 Å². The van der Waals surface area contributed by atoms with Gasteiger partial charge >= 0.3 is 68.3 Å². The van der Waals surface area contributed by atoms with Gasteiger partial charge in [-0.25, -0.2) is 0 Å². The molecule has 0 rings (SSSR count). The van der Waals surface area contributed by atoms with E-state index >= 15 is 0 Å². The molecule has 0 saturated carbocycles. The molecule has 0 aliphatic carbocycles. The second kappa shape index (κ2) is 9.79. The van der Waals surface area contributed by atoms with E-state index in [1.807, 2.05) is 0 Å². The maximum absolute atomic E-state index is 8.74. The summed E-state index contributed by atoms with van der Waals surface area (Å²) in [5.74, 6) is 0. The zero-order chi connectivity index (χ0) is 3.58. The molecular weight excluding hydrogens is 122 g/mol. The molecule has 3 nitrogen and oxygen atoms in total. The Morgan fingerprint density at radius 3 is 1.17 bits per heavy atom. The zero-order valence-corrected chi connectivity index (χ0v) is 2.80. The summed E-state index contributed by atoms with van der Waals surface area (Å²) in [6, 6.07) is 0. The molecule has 0 bridgehead atoms. The molecule has 0 aromatic rings. The van der Waals surface area contributed by atoms with Crippen molar-refractivity contribution in [3.05, 3.63) is 0 Å². The van der Waals surface area contributed by atoms with E-state index in [2.05, 4.69) is 0 Å². The van der Waals surface area contributed by atoms with Gasteiger partial charge in [0.25, 0.3) is 0 Å². The Hall–Kier alpha value is 1.62. The first-order valence-corrected chi connectivity index (χ1v) is 1.95. The summed E-state index contributed by atoms with van der Waals surface area (Å²) in [5.41, 5.74) is 0. The normalized spacial score (nSPS) is 4.00. The van der Waals surface area contributed by atoms with Crippen LogP contribution in [-0.4, -0.2) is 77.9 Å². The van der Waals surface area contributed by atoms with Gasteiger partial charge in [-0.15, -0.1) is 0 Å². The van der Waals surface area contributed by atoms with Crippen molar-refractivity contribution in [2.24, 2.45) is 0 Å². The molecule has 0 atom stereocenters. The van der Waals surface area contributed by atoms with Crippen molar-refractivity contribution >= 4 is 68.3 Å². The topological polar surface area (TPSA) is 57.5 Å². The van der Waals surface area contributed by atoms with Crippen molar-refractivity contribution in [1.29, 1.82) is 0 Å². The summed E-state index contributed by atoms with van der Waals surface area (Å²) in [5, 5.41) is 0. The molecule has 6 heteroatoms. The predicted molar refractivity (Wildman–Crippen MR) is 25.2 cm³/mol. The molecule has 0 aromatic heterocycles. The van der Waals surface area contributed by atoms with Crippen LogP contribution >= 0.6 is 0 Å². The van der Waals surface area contributed by atoms with E-state index in [9.17, 15) is 0 Å². The quantitative estimate of drug-likeness (QED) is 0.342. The van der Waals surface area contributed by atoms with E-state index in [0.29, 0.717) is 0 Å². The molecule has 28 valence electrons. The minimum atomic E-state index is -3.13. The predicted octanol–water partition coefficient (Wildman–Crippen LogP) is -2.91. The van der Waals surface area contributed by atoms with Crippen molar-refractivity contribution in [2.75, 3.05) is 0 Å². The maximum atomic E-state index is 8.74. The summed E-state index contributed by atoms with van der Waals surface area (Å²) < 4.78 is 8.74. The van der Waals surface area contributed by atoms with Crippen molar-refractivity contribution in [2.45, 2.75) is 0 Å². The minimum absolute atomic E-state index is 0. The molecule has 0 aliphatic heterocycles. The molecule has 6 heavy (non-hydrogen) atoms. The number of rotatable bonds is 0. The van der Waals surface area contributed by atoms with Gasteiger partial charge in [-0.1, -0.05) is 0 Å². The fourth-order valence-electron chi connectivity index (χ4n) is 0. The fourth-order valence-corrected chi connectivity index (χ4v) is 0. The third-order valence-electron chi connectivity index (χ3n) is 0. The van der Waals surface area contributed by atoms with E-state index in [-0.39, 0.29) is 59.1 Å². The molecule has 0 aliphatic rings. The molecule has 0 radical (unpaired) electrons. The van der Waals surface area contributed by atoms with Crippen molar-refractivity contribution < 1.29 is 14.1 Å². The number of hydrogen-bond acceptors (Lipinski definition) is 1. The van der Waals surface area contributed by atoms with Gasteiger partial charge in [-0.3, -0.25) is 4.46 Å². The fraction of sp³-hybridized carbons (Fsp3) is 0. The van der Waals surface area contributed by atoms with E-state index < -0.39 is 9.17 Å². The third kappa shape index (κ3) is 45.8. The average molecular weight is 126 g/mol. The molecule has 0 aromatic carbocycles. The van der Waals surface area contributed by atoms with Crippen LogP contribution in [0.4, 0.5) is 0 Å². The standard InChI is InChI=1S/2Na.H2O3Si.2H/c;;1-4(2)3;;/h;;1-2H;;. The van der Waals surface area contributed by atoms with Gasteiger partial charge in [0.15, 0.2) is 0 Å². The van der Waals surface area contributed by atoms with Crippen LogP contribution in [0.3, 0.4) is 0 Å². The van der Waals surface area contributed by atoms with E-state index in [0.717, 1.165) is 0 Å². The van der Waals surface area contributed by atoms with Crippen LogP contribution in [0.1, 0.15) is 0 Å². The van der Waals surface area contributed by atoms with Gasteiger partial charge < -0.3 is 9.59 Å². The summed E-state index contributed by atoms with van der Waals surface area (Å²) in [6.07, 6.45) is 0. The van der Waals surface area contributed by atoms with Gasteiger partial charge in [0.2, 0.25) is 0 Å². The Balaban J connectivity index is -0.0000000450. The second-order valence-corrected chi connectivity index (χ2v) is 0.848. The van der Waals surface area contributed by atoms with Crippen molar-refractivity contribution in [3.8, 4) is 0 Å². The molecule has 0 unspecified atom stereocenters. The monoisotopic (exact) mass is 126 g/mol. The first kappa shape index (κ1) is 15.6. The summed E-state index contributed by atoms with van der Waals surface area (Å²) in [4.78, 5) is 14.3. The molecule has 0 heterocycles. The summed E-state index contributed by atoms with van der Waals surface area (Å²) in [6.45, 7) is 0. The Morgan fingerprint density at radius 1 is 1.17 bits per heavy atom. The first-order chi connectivity index (χ1) is 1.73. The molecule has 0 fully saturated rings. The Bertz CT molecular complexity index is 31.8. The number of hydrogen-bond donors (Lipinski definition) is 2. The zero-order valence-electron chi connectivity index (χ0n) is 1.80. The Morgan fingerprint density at radius 2 is 1.17 bits per heavy atom. The molecule has 0 amide bonds. The molecule has 0 saturated heterocycles. The first-order valence-electron chi connectivity index (χ1n) is 0.651. The van der Waals surface area contributed by atoms with Gasteiger partial charge in [-0.2, -0.15) is 0 Å². The van der Waals surface area contributed by atoms with E-state index in [4.69, 9.17) is 14.1 Å². The van der Waals surface area contributed by atoms with Crippen LogP contribution in [0.2, 0.25) is 0 Å². The van der Waals surface area contributed by atoms with Crippen molar-refractivity contribution in [1.82, 2.24) is 0 Å². The second-order valence-electron chi connectivity index (χ2n) is 0.283. The van der Waals surface area contributed by atoms with Gasteiger partial charge in [0.1, 0.15) is 0 Å². The van der Waals surface area contributed by atoms with Crippen LogP contribution < -0.4 is 0 Å². The molecular formula is H4Na2O3Si. The van der Waals surface area contributed by atoms with E-state index in [1.165, 1.54) is 0 Å². The van der Waals surface area contributed by atoms with Crippen LogP contribution in [0.15, 0.2) is 0 Å². The van der Waals surface area contributed by atoms with E-state index in [1.54, 1.807) is 0 Å². The van der Waals surface area contributed by atoms with Crippen molar-refractivity contribution in [3.63, 3.8) is 0 Å². The summed E-state index contributed by atoms with van der Waals surface area (Å²) >= 11 is 0. The van der Waals surface area contributed by atoms with Crippen LogP contribution in [-0.2, 0) is 4.46 Å². The Labute approximate surface area is 81.2 Å². The average Bonchev–Trinajstić information content (AvgIpc) is 0.811. The molecule has 0 spiro atoms. The van der Waals surface area contributed by atoms with Gasteiger partial charge in [-0.05, 0) is 0 Å². The molecule has 2 N–H and O–H groups in total. The van der Waals surface area contributed by atoms with Gasteiger partial charge in [0.05, 0.1) is 0 Å². The SMILES string of the molecule is O=[Si](O)O.[NaH].[NaH]. The van der Waals surface area contributed by atoms with Gasteiger partial charge in [0, 0.05) is 0 Å². The van der Waals surface area contributed by atoms with Crippen LogP contribution in [0.25, 0.3) is 0 Å². The Kier molecular flexibility index (Phi) is 25.5. The van der Waals surface area contributed by atoms with Crippen LogP contribution in [0, 0.1) is 0 Å². The summed E-state index contributed by atoms with van der Waals surface area (Å²) in [7, 11) is -3.13.